The lowest BCUT2D eigenvalue weighted by molar-refractivity contribution is -0.117. The predicted molar refractivity (Wildman–Crippen MR) is 120 cm³/mol. The molecule has 0 radical (unpaired) electrons. The molecule has 2 N–H and O–H groups in total. The Hall–Kier alpha value is -1.97. The molecule has 2 aromatic carbocycles. The number of halogens is 5. The van der Waals surface area contributed by atoms with Crippen LogP contribution in [-0.4, -0.2) is 21.7 Å². The van der Waals surface area contributed by atoms with Gasteiger partial charge in [0.15, 0.2) is 0 Å². The first kappa shape index (κ1) is 22.2. The number of terminal acetylenes is 1. The Morgan fingerprint density at radius 3 is 2.32 bits per heavy atom. The Bertz CT molecular complexity index is 1120. The average molecular weight is 500 g/mol. The molecule has 31 heavy (non-hydrogen) atoms. The van der Waals surface area contributed by atoms with Crippen LogP contribution in [-0.2, 0) is 4.79 Å². The van der Waals surface area contributed by atoms with Gasteiger partial charge in [0.1, 0.15) is 15.7 Å². The summed E-state index contributed by atoms with van der Waals surface area (Å²) < 4.78 is 12.9. The fraction of sp³-hybridized carbons (Fsp3) is 0.273. The minimum Gasteiger partial charge on any atom is -0.336 e. The molecule has 2 fully saturated rings. The zero-order valence-electron chi connectivity index (χ0n) is 15.8. The molecule has 0 aromatic heterocycles. The van der Waals surface area contributed by atoms with Crippen molar-refractivity contribution in [3.8, 4) is 12.3 Å². The minimum absolute atomic E-state index is 0.223. The van der Waals surface area contributed by atoms with Crippen LogP contribution in [0.25, 0.3) is 0 Å². The summed E-state index contributed by atoms with van der Waals surface area (Å²) in [7, 11) is 0. The van der Waals surface area contributed by atoms with E-state index in [0.29, 0.717) is 28.5 Å². The van der Waals surface area contributed by atoms with E-state index < -0.39 is 39.3 Å². The zero-order chi connectivity index (χ0) is 22.6. The SMILES string of the molecule is C#CC1(NC(=O)c2cc(NC(=O)[C@H]3[C@H](c4cc(Cl)cc(Cl)c4)C3(Cl)Cl)ccc2F)CC1. The largest absolute Gasteiger partial charge is 0.336 e. The lowest BCUT2D eigenvalue weighted by Crippen LogP contribution is -2.36. The summed E-state index contributed by atoms with van der Waals surface area (Å²) in [5.41, 5.74) is -0.0952. The van der Waals surface area contributed by atoms with E-state index in [9.17, 15) is 14.0 Å². The molecule has 2 saturated carbocycles. The van der Waals surface area contributed by atoms with Gasteiger partial charge in [0.2, 0.25) is 5.91 Å². The molecule has 2 aromatic rings. The molecule has 4 rings (SSSR count). The van der Waals surface area contributed by atoms with Gasteiger partial charge >= 0.3 is 0 Å². The van der Waals surface area contributed by atoms with Crippen molar-refractivity contribution in [1.29, 1.82) is 0 Å². The summed E-state index contributed by atoms with van der Waals surface area (Å²) in [6.45, 7) is 0. The number of alkyl halides is 2. The van der Waals surface area contributed by atoms with E-state index in [0.717, 1.165) is 6.07 Å². The second kappa shape index (κ2) is 7.86. The highest BCUT2D eigenvalue weighted by Crippen LogP contribution is 2.65. The second-order valence-corrected chi connectivity index (χ2v) is 10.0. The topological polar surface area (TPSA) is 58.2 Å². The molecule has 9 heteroatoms. The van der Waals surface area contributed by atoms with Crippen molar-refractivity contribution in [2.75, 3.05) is 5.32 Å². The molecule has 0 aliphatic heterocycles. The molecule has 0 saturated heterocycles. The molecular weight excluding hydrogens is 485 g/mol. The van der Waals surface area contributed by atoms with Gasteiger partial charge in [-0.1, -0.05) is 29.1 Å². The van der Waals surface area contributed by atoms with Crippen molar-refractivity contribution in [2.24, 2.45) is 5.92 Å². The normalized spacial score (nSPS) is 22.2. The summed E-state index contributed by atoms with van der Waals surface area (Å²) in [4.78, 5) is 25.3. The van der Waals surface area contributed by atoms with Crippen LogP contribution in [0.15, 0.2) is 36.4 Å². The Balaban J connectivity index is 1.51. The van der Waals surface area contributed by atoms with Gasteiger partial charge in [-0.05, 0) is 54.8 Å². The molecule has 0 spiro atoms. The Kier molecular flexibility index (Phi) is 5.64. The van der Waals surface area contributed by atoms with Crippen molar-refractivity contribution < 1.29 is 14.0 Å². The Labute approximate surface area is 198 Å². The summed E-state index contributed by atoms with van der Waals surface area (Å²) in [6.07, 6.45) is 6.69. The maximum Gasteiger partial charge on any atom is 0.255 e. The van der Waals surface area contributed by atoms with E-state index in [-0.39, 0.29) is 11.3 Å². The lowest BCUT2D eigenvalue weighted by atomic mass is 10.1. The minimum atomic E-state index is -1.36. The van der Waals surface area contributed by atoms with Gasteiger partial charge in [0.05, 0.1) is 11.5 Å². The van der Waals surface area contributed by atoms with Gasteiger partial charge in [-0.3, -0.25) is 9.59 Å². The van der Waals surface area contributed by atoms with Crippen molar-refractivity contribution in [2.45, 2.75) is 28.6 Å². The Morgan fingerprint density at radius 2 is 1.74 bits per heavy atom. The fourth-order valence-electron chi connectivity index (χ4n) is 3.53. The molecule has 2 amide bonds. The second-order valence-electron chi connectivity index (χ2n) is 7.70. The number of carbonyl (C=O) groups is 2. The predicted octanol–water partition coefficient (Wildman–Crippen LogP) is 5.55. The molecule has 0 unspecified atom stereocenters. The molecule has 4 nitrogen and oxygen atoms in total. The third kappa shape index (κ3) is 4.36. The van der Waals surface area contributed by atoms with Crippen molar-refractivity contribution in [3.63, 3.8) is 0 Å². The van der Waals surface area contributed by atoms with Crippen LogP contribution in [0.3, 0.4) is 0 Å². The average Bonchev–Trinajstić information content (AvgIpc) is 3.57. The van der Waals surface area contributed by atoms with Crippen LogP contribution in [0.4, 0.5) is 10.1 Å². The highest BCUT2D eigenvalue weighted by Gasteiger charge is 2.67. The van der Waals surface area contributed by atoms with Crippen LogP contribution in [0.2, 0.25) is 10.0 Å². The van der Waals surface area contributed by atoms with Crippen LogP contribution in [0, 0.1) is 24.1 Å². The summed E-state index contributed by atoms with van der Waals surface area (Å²) >= 11 is 24.8. The van der Waals surface area contributed by atoms with Crippen LogP contribution >= 0.6 is 46.4 Å². The fourth-order valence-corrected chi connectivity index (χ4v) is 4.91. The number of hydrogen-bond acceptors (Lipinski definition) is 2. The standard InChI is InChI=1S/C22H15Cl4FN2O2/c1-2-21(5-6-21)29-19(30)15-10-14(3-4-16(15)27)28-20(31)18-17(22(18,25)26)11-7-12(23)9-13(24)8-11/h1,3-4,7-10,17-18H,5-6H2,(H,28,31)(H,29,30)/t17-,18+/m0/s1. The van der Waals surface area contributed by atoms with Crippen LogP contribution < -0.4 is 10.6 Å². The highest BCUT2D eigenvalue weighted by atomic mass is 35.5. The summed E-state index contributed by atoms with van der Waals surface area (Å²) in [5, 5.41) is 6.08. The molecule has 2 aliphatic carbocycles. The van der Waals surface area contributed by atoms with E-state index in [4.69, 9.17) is 52.8 Å². The van der Waals surface area contributed by atoms with Gasteiger partial charge in [-0.2, -0.15) is 0 Å². The molecule has 0 heterocycles. The summed E-state index contributed by atoms with van der Waals surface area (Å²) in [5.74, 6) is -0.666. The lowest BCUT2D eigenvalue weighted by Gasteiger charge is -2.13. The van der Waals surface area contributed by atoms with Gasteiger partial charge in [0.25, 0.3) is 5.91 Å². The number of carbonyl (C=O) groups excluding carboxylic acids is 2. The first-order valence-corrected chi connectivity index (χ1v) is 10.8. The van der Waals surface area contributed by atoms with Crippen molar-refractivity contribution in [1.82, 2.24) is 5.32 Å². The van der Waals surface area contributed by atoms with E-state index in [1.807, 2.05) is 0 Å². The third-order valence-electron chi connectivity index (χ3n) is 5.44. The number of benzene rings is 2. The molecular formula is C22H15Cl4FN2O2. The van der Waals surface area contributed by atoms with E-state index in [1.165, 1.54) is 12.1 Å². The number of amides is 2. The maximum absolute atomic E-state index is 14.2. The number of rotatable bonds is 5. The number of anilines is 1. The zero-order valence-corrected chi connectivity index (χ0v) is 18.8. The molecule has 160 valence electrons. The third-order valence-corrected chi connectivity index (χ3v) is 6.81. The van der Waals surface area contributed by atoms with E-state index in [1.54, 1.807) is 18.2 Å². The highest BCUT2D eigenvalue weighted by molar-refractivity contribution is 6.53. The van der Waals surface area contributed by atoms with Crippen LogP contribution in [0.5, 0.6) is 0 Å². The molecule has 2 aliphatic rings. The molecule has 2 atom stereocenters. The summed E-state index contributed by atoms with van der Waals surface area (Å²) in [6, 6.07) is 8.53. The number of hydrogen-bond donors (Lipinski definition) is 2. The first-order chi connectivity index (χ1) is 14.6. The maximum atomic E-state index is 14.2. The van der Waals surface area contributed by atoms with Gasteiger partial charge in [-0.15, -0.1) is 29.6 Å². The molecule has 0 bridgehead atoms. The quantitative estimate of drug-likeness (QED) is 0.418. The number of nitrogens with one attached hydrogen (secondary N) is 2. The first-order valence-electron chi connectivity index (χ1n) is 9.31. The van der Waals surface area contributed by atoms with Crippen molar-refractivity contribution >= 4 is 63.9 Å². The van der Waals surface area contributed by atoms with E-state index in [2.05, 4.69) is 16.6 Å². The van der Waals surface area contributed by atoms with Gasteiger partial charge < -0.3 is 10.6 Å². The van der Waals surface area contributed by atoms with Gasteiger partial charge in [-0.25, -0.2) is 4.39 Å². The van der Waals surface area contributed by atoms with Gasteiger partial charge in [0, 0.05) is 21.7 Å². The Morgan fingerprint density at radius 1 is 1.10 bits per heavy atom. The monoisotopic (exact) mass is 498 g/mol. The van der Waals surface area contributed by atoms with Crippen LogP contribution in [0.1, 0.15) is 34.7 Å². The smallest absolute Gasteiger partial charge is 0.255 e. The van der Waals surface area contributed by atoms with Crippen molar-refractivity contribution in [3.05, 3.63) is 63.4 Å². The van der Waals surface area contributed by atoms with E-state index >= 15 is 0 Å².